The van der Waals surface area contributed by atoms with Crippen LogP contribution in [0.5, 0.6) is 0 Å². The zero-order valence-corrected chi connectivity index (χ0v) is 16.3. The van der Waals surface area contributed by atoms with Crippen molar-refractivity contribution >= 4 is 26.8 Å². The fourth-order valence-corrected chi connectivity index (χ4v) is 4.23. The van der Waals surface area contributed by atoms with Crippen molar-refractivity contribution in [3.05, 3.63) is 60.4 Å². The first kappa shape index (κ1) is 18.5. The molecule has 0 spiro atoms. The molecule has 144 valence electrons. The van der Waals surface area contributed by atoms with Crippen LogP contribution in [0, 0.1) is 0 Å². The summed E-state index contributed by atoms with van der Waals surface area (Å²) < 4.78 is 24.8. The average molecular weight is 396 g/mol. The first-order chi connectivity index (χ1) is 13.4. The normalized spacial score (nSPS) is 15.7. The summed E-state index contributed by atoms with van der Waals surface area (Å²) in [7, 11) is -3.24. The van der Waals surface area contributed by atoms with Crippen molar-refractivity contribution in [2.75, 3.05) is 32.4 Å². The van der Waals surface area contributed by atoms with Crippen LogP contribution in [0.25, 0.3) is 22.2 Å². The highest BCUT2D eigenvalue weighted by Crippen LogP contribution is 2.26. The van der Waals surface area contributed by atoms with Crippen LogP contribution in [-0.4, -0.2) is 65.9 Å². The van der Waals surface area contributed by atoms with E-state index in [-0.39, 0.29) is 5.91 Å². The first-order valence-electron chi connectivity index (χ1n) is 8.98. The van der Waals surface area contributed by atoms with E-state index in [0.29, 0.717) is 37.4 Å². The van der Waals surface area contributed by atoms with Gasteiger partial charge in [0, 0.05) is 49.5 Å². The molecule has 1 aliphatic heterocycles. The van der Waals surface area contributed by atoms with Crippen LogP contribution in [0.2, 0.25) is 0 Å². The minimum absolute atomic E-state index is 0.114. The second-order valence-corrected chi connectivity index (χ2v) is 8.75. The summed E-state index contributed by atoms with van der Waals surface area (Å²) in [6.07, 6.45) is 4.61. The molecule has 28 heavy (non-hydrogen) atoms. The number of amides is 1. The van der Waals surface area contributed by atoms with E-state index in [4.69, 9.17) is 0 Å². The van der Waals surface area contributed by atoms with Gasteiger partial charge in [-0.3, -0.25) is 9.78 Å². The predicted octanol–water partition coefficient (Wildman–Crippen LogP) is 2.01. The Kier molecular flexibility index (Phi) is 4.82. The minimum Gasteiger partial charge on any atom is -0.336 e. The van der Waals surface area contributed by atoms with Gasteiger partial charge >= 0.3 is 0 Å². The lowest BCUT2D eigenvalue weighted by atomic mass is 10.0. The summed E-state index contributed by atoms with van der Waals surface area (Å²) in [5, 5.41) is 0.783. The number of para-hydroxylation sites is 1. The average Bonchev–Trinajstić information content (AvgIpc) is 2.72. The molecule has 0 bridgehead atoms. The Morgan fingerprint density at radius 1 is 1.04 bits per heavy atom. The maximum absolute atomic E-state index is 13.3. The molecule has 3 heterocycles. The highest BCUT2D eigenvalue weighted by Gasteiger charge is 2.27. The van der Waals surface area contributed by atoms with Gasteiger partial charge in [0.15, 0.2) is 0 Å². The highest BCUT2D eigenvalue weighted by atomic mass is 32.2. The van der Waals surface area contributed by atoms with E-state index in [0.717, 1.165) is 16.5 Å². The third kappa shape index (κ3) is 3.61. The summed E-state index contributed by atoms with van der Waals surface area (Å²) in [6.45, 7) is 1.35. The molecule has 0 unspecified atom stereocenters. The highest BCUT2D eigenvalue weighted by molar-refractivity contribution is 7.88. The van der Waals surface area contributed by atoms with Gasteiger partial charge < -0.3 is 4.90 Å². The molecule has 0 atom stereocenters. The molecule has 1 aliphatic rings. The molecule has 1 fully saturated rings. The maximum Gasteiger partial charge on any atom is 0.254 e. The number of carbonyl (C=O) groups excluding carboxylic acids is 1. The van der Waals surface area contributed by atoms with Gasteiger partial charge in [0.25, 0.3) is 5.91 Å². The van der Waals surface area contributed by atoms with Crippen molar-refractivity contribution in [1.29, 1.82) is 0 Å². The lowest BCUT2D eigenvalue weighted by Crippen LogP contribution is -2.50. The lowest BCUT2D eigenvalue weighted by molar-refractivity contribution is 0.0700. The van der Waals surface area contributed by atoms with Crippen molar-refractivity contribution in [2.45, 2.75) is 0 Å². The van der Waals surface area contributed by atoms with Crippen LogP contribution in [0.4, 0.5) is 0 Å². The zero-order chi connectivity index (χ0) is 19.7. The van der Waals surface area contributed by atoms with Gasteiger partial charge in [0.05, 0.1) is 23.0 Å². The summed E-state index contributed by atoms with van der Waals surface area (Å²) in [4.78, 5) is 23.8. The van der Waals surface area contributed by atoms with Crippen LogP contribution < -0.4 is 0 Å². The Hall–Kier alpha value is -2.84. The summed E-state index contributed by atoms with van der Waals surface area (Å²) in [6, 6.07) is 13.1. The van der Waals surface area contributed by atoms with Crippen molar-refractivity contribution in [3.63, 3.8) is 0 Å². The number of fused-ring (bicyclic) bond motifs is 1. The van der Waals surface area contributed by atoms with Crippen molar-refractivity contribution < 1.29 is 13.2 Å². The van der Waals surface area contributed by atoms with Crippen LogP contribution in [0.3, 0.4) is 0 Å². The number of aromatic nitrogens is 2. The van der Waals surface area contributed by atoms with E-state index in [2.05, 4.69) is 9.97 Å². The second kappa shape index (κ2) is 7.29. The number of sulfonamides is 1. The third-order valence-electron chi connectivity index (χ3n) is 4.90. The Bertz CT molecular complexity index is 1120. The molecule has 1 saturated heterocycles. The third-order valence-corrected chi connectivity index (χ3v) is 6.20. The molecular formula is C20H20N4O3S. The Morgan fingerprint density at radius 2 is 1.79 bits per heavy atom. The van der Waals surface area contributed by atoms with Crippen LogP contribution in [0.1, 0.15) is 10.4 Å². The number of hydrogen-bond donors (Lipinski definition) is 0. The Morgan fingerprint density at radius 3 is 2.46 bits per heavy atom. The molecular weight excluding hydrogens is 376 g/mol. The zero-order valence-electron chi connectivity index (χ0n) is 15.4. The summed E-state index contributed by atoms with van der Waals surface area (Å²) >= 11 is 0. The number of pyridine rings is 2. The van der Waals surface area contributed by atoms with E-state index in [9.17, 15) is 13.2 Å². The molecule has 0 N–H and O–H groups in total. The quantitative estimate of drug-likeness (QED) is 0.676. The number of nitrogens with zero attached hydrogens (tertiary/aromatic N) is 4. The van der Waals surface area contributed by atoms with Gasteiger partial charge in [-0.15, -0.1) is 0 Å². The van der Waals surface area contributed by atoms with Gasteiger partial charge in [-0.2, -0.15) is 4.31 Å². The summed E-state index contributed by atoms with van der Waals surface area (Å²) in [5.74, 6) is -0.114. The van der Waals surface area contributed by atoms with E-state index >= 15 is 0 Å². The Balaban J connectivity index is 1.71. The number of carbonyl (C=O) groups is 1. The molecule has 8 heteroatoms. The molecule has 7 nitrogen and oxygen atoms in total. The van der Waals surface area contributed by atoms with E-state index in [1.807, 2.05) is 36.4 Å². The van der Waals surface area contributed by atoms with Crippen LogP contribution in [-0.2, 0) is 10.0 Å². The number of piperazine rings is 1. The topological polar surface area (TPSA) is 83.5 Å². The van der Waals surface area contributed by atoms with Crippen molar-refractivity contribution in [1.82, 2.24) is 19.2 Å². The summed E-state index contributed by atoms with van der Waals surface area (Å²) in [5.41, 5.74) is 2.83. The fraction of sp³-hybridized carbons (Fsp3) is 0.250. The molecule has 3 aromatic rings. The smallest absolute Gasteiger partial charge is 0.254 e. The van der Waals surface area contributed by atoms with Crippen LogP contribution in [0.15, 0.2) is 54.9 Å². The molecule has 0 aliphatic carbocycles. The monoisotopic (exact) mass is 396 g/mol. The molecule has 4 rings (SSSR count). The number of rotatable bonds is 3. The second-order valence-electron chi connectivity index (χ2n) is 6.77. The van der Waals surface area contributed by atoms with E-state index in [1.165, 1.54) is 10.6 Å². The first-order valence-corrected chi connectivity index (χ1v) is 10.8. The van der Waals surface area contributed by atoms with E-state index < -0.39 is 10.0 Å². The Labute approximate surface area is 163 Å². The van der Waals surface area contributed by atoms with Crippen molar-refractivity contribution in [2.24, 2.45) is 0 Å². The molecule has 2 aromatic heterocycles. The van der Waals surface area contributed by atoms with Gasteiger partial charge in [0.2, 0.25) is 10.0 Å². The van der Waals surface area contributed by atoms with Gasteiger partial charge in [-0.1, -0.05) is 18.2 Å². The molecule has 0 saturated carbocycles. The van der Waals surface area contributed by atoms with Gasteiger partial charge in [-0.05, 0) is 24.3 Å². The predicted molar refractivity (Wildman–Crippen MR) is 107 cm³/mol. The SMILES string of the molecule is CS(=O)(=O)N1CCN(C(=O)c2cc(-c3cccnc3)nc3ccccc23)CC1. The van der Waals surface area contributed by atoms with Gasteiger partial charge in [-0.25, -0.2) is 13.4 Å². The molecule has 0 radical (unpaired) electrons. The minimum atomic E-state index is -3.24. The molecule has 1 aromatic carbocycles. The number of hydrogen-bond acceptors (Lipinski definition) is 5. The fourth-order valence-electron chi connectivity index (χ4n) is 3.41. The standard InChI is InChI=1S/C20H20N4O3S/c1-28(26,27)24-11-9-23(10-12-24)20(25)17-13-19(15-5-4-8-21-14-15)22-18-7-3-2-6-16(17)18/h2-8,13-14H,9-12H2,1H3. The maximum atomic E-state index is 13.3. The van der Waals surface area contributed by atoms with E-state index in [1.54, 1.807) is 23.4 Å². The molecule has 1 amide bonds. The van der Waals surface area contributed by atoms with Gasteiger partial charge in [0.1, 0.15) is 0 Å². The largest absolute Gasteiger partial charge is 0.336 e. The van der Waals surface area contributed by atoms with Crippen molar-refractivity contribution in [3.8, 4) is 11.3 Å². The number of benzene rings is 1. The van der Waals surface area contributed by atoms with Crippen LogP contribution >= 0.6 is 0 Å². The lowest BCUT2D eigenvalue weighted by Gasteiger charge is -2.33.